The molecule has 1 unspecified atom stereocenters. The Kier molecular flexibility index (Phi) is 6.90. The van der Waals surface area contributed by atoms with Crippen LogP contribution in [0.2, 0.25) is 0 Å². The van der Waals surface area contributed by atoms with Crippen molar-refractivity contribution in [2.75, 3.05) is 13.3 Å². The number of fused-ring (bicyclic) bond motifs is 4. The molecular weight excluding hydrogens is 578 g/mol. The molecule has 2 N–H and O–H groups in total. The van der Waals surface area contributed by atoms with Gasteiger partial charge in [0.05, 0.1) is 10.9 Å². The van der Waals surface area contributed by atoms with Crippen LogP contribution in [0.15, 0.2) is 108 Å². The summed E-state index contributed by atoms with van der Waals surface area (Å²) in [7, 11) is -3.99. The van der Waals surface area contributed by atoms with E-state index in [2.05, 4.69) is 15.8 Å². The lowest BCUT2D eigenvalue weighted by Crippen LogP contribution is -2.39. The Morgan fingerprint density at radius 3 is 2.45 bits per heavy atom. The van der Waals surface area contributed by atoms with Crippen molar-refractivity contribution in [3.63, 3.8) is 0 Å². The SMILES string of the molecule is O=C(NS(=O)(=O)c1ccccc1)c1ccc(C=CC(=O)N2CCc3c([nH]c4ccccc34)C2c2ccc3c(c2)OCO3)cc1. The largest absolute Gasteiger partial charge is 0.454 e. The van der Waals surface area contributed by atoms with Gasteiger partial charge in [-0.25, -0.2) is 13.1 Å². The Labute approximate surface area is 253 Å². The molecule has 0 spiro atoms. The molecule has 5 aromatic rings. The number of aromatic amines is 1. The minimum Gasteiger partial charge on any atom is -0.454 e. The van der Waals surface area contributed by atoms with Gasteiger partial charge in [-0.3, -0.25) is 9.59 Å². The molecule has 44 heavy (non-hydrogen) atoms. The first-order valence-corrected chi connectivity index (χ1v) is 15.6. The molecule has 0 fully saturated rings. The van der Waals surface area contributed by atoms with E-state index in [1.165, 1.54) is 35.9 Å². The molecule has 0 bridgehead atoms. The number of carbonyl (C=O) groups excluding carboxylic acids is 2. The second kappa shape index (κ2) is 11.1. The number of rotatable bonds is 6. The number of nitrogens with one attached hydrogen (secondary N) is 2. The van der Waals surface area contributed by atoms with Crippen LogP contribution >= 0.6 is 0 Å². The number of amides is 2. The van der Waals surface area contributed by atoms with Crippen molar-refractivity contribution in [2.24, 2.45) is 0 Å². The molecule has 4 aromatic carbocycles. The van der Waals surface area contributed by atoms with Crippen LogP contribution in [-0.4, -0.2) is 43.5 Å². The van der Waals surface area contributed by atoms with E-state index in [0.29, 0.717) is 30.0 Å². The number of para-hydroxylation sites is 1. The maximum Gasteiger partial charge on any atom is 0.264 e. The zero-order valence-electron chi connectivity index (χ0n) is 23.4. The number of carbonyl (C=O) groups is 2. The summed E-state index contributed by atoms with van der Waals surface area (Å²) in [4.78, 5) is 31.8. The fourth-order valence-electron chi connectivity index (χ4n) is 5.76. The van der Waals surface area contributed by atoms with Gasteiger partial charge in [-0.2, -0.15) is 0 Å². The second-order valence-corrected chi connectivity index (χ2v) is 12.2. The molecule has 2 amide bonds. The topological polar surface area (TPSA) is 118 Å². The van der Waals surface area contributed by atoms with Crippen LogP contribution < -0.4 is 14.2 Å². The molecule has 2 aliphatic rings. The summed E-state index contributed by atoms with van der Waals surface area (Å²) < 4.78 is 38.3. The number of aromatic nitrogens is 1. The van der Waals surface area contributed by atoms with Crippen molar-refractivity contribution in [1.29, 1.82) is 0 Å². The van der Waals surface area contributed by atoms with Gasteiger partial charge in [-0.1, -0.05) is 54.6 Å². The first-order valence-electron chi connectivity index (χ1n) is 14.1. The molecular formula is C34H27N3O6S. The summed E-state index contributed by atoms with van der Waals surface area (Å²) in [5.74, 6) is 0.408. The van der Waals surface area contributed by atoms with Gasteiger partial charge in [0, 0.05) is 34.8 Å². The molecule has 1 atom stereocenters. The Hall–Kier alpha value is -5.35. The van der Waals surface area contributed by atoms with Crippen LogP contribution in [-0.2, 0) is 21.2 Å². The highest BCUT2D eigenvalue weighted by Gasteiger charge is 2.34. The van der Waals surface area contributed by atoms with E-state index in [-0.39, 0.29) is 29.2 Å². The molecule has 1 aromatic heterocycles. The smallest absolute Gasteiger partial charge is 0.264 e. The van der Waals surface area contributed by atoms with Gasteiger partial charge in [-0.15, -0.1) is 0 Å². The predicted octanol–water partition coefficient (Wildman–Crippen LogP) is 5.20. The second-order valence-electron chi connectivity index (χ2n) is 10.6. The summed E-state index contributed by atoms with van der Waals surface area (Å²) in [6.45, 7) is 0.682. The summed E-state index contributed by atoms with van der Waals surface area (Å²) in [6, 6.07) is 27.6. The lowest BCUT2D eigenvalue weighted by atomic mass is 9.92. The van der Waals surface area contributed by atoms with Gasteiger partial charge in [0.15, 0.2) is 11.5 Å². The molecule has 0 radical (unpaired) electrons. The van der Waals surface area contributed by atoms with Crippen molar-refractivity contribution < 1.29 is 27.5 Å². The van der Waals surface area contributed by atoms with Gasteiger partial charge in [-0.05, 0) is 71.7 Å². The van der Waals surface area contributed by atoms with Crippen LogP contribution in [0.1, 0.15) is 38.8 Å². The molecule has 0 aliphatic carbocycles. The number of hydrogen-bond donors (Lipinski definition) is 2. The highest BCUT2D eigenvalue weighted by molar-refractivity contribution is 7.90. The third kappa shape index (κ3) is 5.09. The number of hydrogen-bond acceptors (Lipinski definition) is 6. The van der Waals surface area contributed by atoms with Gasteiger partial charge >= 0.3 is 0 Å². The van der Waals surface area contributed by atoms with Gasteiger partial charge < -0.3 is 19.4 Å². The van der Waals surface area contributed by atoms with Crippen LogP contribution in [0.5, 0.6) is 11.5 Å². The van der Waals surface area contributed by atoms with Crippen LogP contribution in [0.25, 0.3) is 17.0 Å². The first-order chi connectivity index (χ1) is 21.4. The van der Waals surface area contributed by atoms with Crippen LogP contribution in [0.3, 0.4) is 0 Å². The molecule has 9 nitrogen and oxygen atoms in total. The Balaban J connectivity index is 1.12. The number of benzene rings is 4. The van der Waals surface area contributed by atoms with E-state index in [1.807, 2.05) is 41.3 Å². The van der Waals surface area contributed by atoms with E-state index in [9.17, 15) is 18.0 Å². The van der Waals surface area contributed by atoms with Crippen molar-refractivity contribution in [1.82, 2.24) is 14.6 Å². The summed E-state index contributed by atoms with van der Waals surface area (Å²) >= 11 is 0. The Morgan fingerprint density at radius 2 is 1.64 bits per heavy atom. The molecule has 2 aliphatic heterocycles. The minimum atomic E-state index is -3.99. The standard InChI is InChI=1S/C34H27N3O6S/c38-31(17-12-22-10-13-23(14-11-22)34(39)36-44(40,41)25-6-2-1-3-7-25)37-19-18-27-26-8-4-5-9-28(26)35-32(27)33(37)24-15-16-29-30(20-24)43-21-42-29/h1-17,20,33,35H,18-19,21H2,(H,36,39). The zero-order chi connectivity index (χ0) is 30.3. The number of sulfonamides is 1. The molecule has 7 rings (SSSR count). The van der Waals surface area contributed by atoms with Gasteiger partial charge in [0.25, 0.3) is 15.9 Å². The average molecular weight is 606 g/mol. The monoisotopic (exact) mass is 605 g/mol. The van der Waals surface area contributed by atoms with Crippen molar-refractivity contribution >= 4 is 38.8 Å². The van der Waals surface area contributed by atoms with Crippen molar-refractivity contribution in [2.45, 2.75) is 17.4 Å². The fraction of sp³-hybridized carbons (Fsp3) is 0.118. The normalized spacial score (nSPS) is 15.8. The summed E-state index contributed by atoms with van der Waals surface area (Å²) in [5.41, 5.74) is 4.96. The van der Waals surface area contributed by atoms with E-state index >= 15 is 0 Å². The summed E-state index contributed by atoms with van der Waals surface area (Å²) in [6.07, 6.45) is 3.90. The zero-order valence-corrected chi connectivity index (χ0v) is 24.2. The maximum atomic E-state index is 13.7. The van der Waals surface area contributed by atoms with Crippen LogP contribution in [0, 0.1) is 0 Å². The predicted molar refractivity (Wildman–Crippen MR) is 165 cm³/mol. The van der Waals surface area contributed by atoms with Gasteiger partial charge in [0.1, 0.15) is 0 Å². The minimum absolute atomic E-state index is 0.00255. The maximum absolute atomic E-state index is 13.7. The van der Waals surface area contributed by atoms with E-state index in [1.54, 1.807) is 36.4 Å². The highest BCUT2D eigenvalue weighted by atomic mass is 32.2. The van der Waals surface area contributed by atoms with E-state index in [4.69, 9.17) is 9.47 Å². The Bertz CT molecular complexity index is 2040. The van der Waals surface area contributed by atoms with Gasteiger partial charge in [0.2, 0.25) is 12.7 Å². The lowest BCUT2D eigenvalue weighted by Gasteiger charge is -2.35. The van der Waals surface area contributed by atoms with Crippen LogP contribution in [0.4, 0.5) is 0 Å². The van der Waals surface area contributed by atoms with E-state index in [0.717, 1.165) is 22.2 Å². The number of ether oxygens (including phenoxy) is 2. The fourth-order valence-corrected chi connectivity index (χ4v) is 6.75. The Morgan fingerprint density at radius 1 is 0.886 bits per heavy atom. The number of H-pyrrole nitrogens is 1. The third-order valence-corrected chi connectivity index (χ3v) is 9.25. The quantitative estimate of drug-likeness (QED) is 0.257. The first kappa shape index (κ1) is 27.5. The highest BCUT2D eigenvalue weighted by Crippen LogP contribution is 2.42. The van der Waals surface area contributed by atoms with Crippen molar-refractivity contribution in [3.05, 3.63) is 131 Å². The molecule has 0 saturated heterocycles. The third-order valence-electron chi connectivity index (χ3n) is 7.90. The molecule has 0 saturated carbocycles. The van der Waals surface area contributed by atoms with E-state index < -0.39 is 15.9 Å². The number of nitrogens with zero attached hydrogens (tertiary/aromatic N) is 1. The average Bonchev–Trinajstić information content (AvgIpc) is 3.68. The lowest BCUT2D eigenvalue weighted by molar-refractivity contribution is -0.128. The van der Waals surface area contributed by atoms with Crippen molar-refractivity contribution in [3.8, 4) is 11.5 Å². The molecule has 3 heterocycles. The molecule has 10 heteroatoms. The summed E-state index contributed by atoms with van der Waals surface area (Å²) in [5, 5.41) is 1.15. The molecule has 220 valence electrons.